The van der Waals surface area contributed by atoms with Gasteiger partial charge in [0.2, 0.25) is 17.7 Å². The Morgan fingerprint density at radius 3 is 2.16 bits per heavy atom. The zero-order valence-corrected chi connectivity index (χ0v) is 17.8. The van der Waals surface area contributed by atoms with Crippen molar-refractivity contribution in [1.82, 2.24) is 10.6 Å². The van der Waals surface area contributed by atoms with E-state index >= 15 is 0 Å². The summed E-state index contributed by atoms with van der Waals surface area (Å²) < 4.78 is 4.95. The lowest BCUT2D eigenvalue weighted by Crippen LogP contribution is -2.48. The van der Waals surface area contributed by atoms with Crippen LogP contribution in [0, 0.1) is 0 Å². The van der Waals surface area contributed by atoms with E-state index in [1.807, 2.05) is 6.92 Å². The summed E-state index contributed by atoms with van der Waals surface area (Å²) in [6.45, 7) is 2.49. The van der Waals surface area contributed by atoms with Crippen molar-refractivity contribution in [3.8, 4) is 5.75 Å². The first-order valence-electron chi connectivity index (χ1n) is 10.2. The van der Waals surface area contributed by atoms with Gasteiger partial charge in [-0.3, -0.25) is 14.4 Å². The molecule has 0 heterocycles. The molecule has 0 saturated heterocycles. The Morgan fingerprint density at radius 1 is 1.00 bits per heavy atom. The standard InChI is InChI=1S/C21H29N3O8/c1-2-3-4-11-23-19(27)15(24-17(26)10-9-16(22)25)12-13-5-7-14(8-6-13)32-18(20(28)29)21(30)31/h5-8,15,18H,2-4,9-12H2,1H3,(H2,22,25)(H,23,27)(H,24,26)(H,28,29)(H,30,31)/t15-/m0/s1. The van der Waals surface area contributed by atoms with Crippen LogP contribution in [0.5, 0.6) is 5.75 Å². The van der Waals surface area contributed by atoms with Crippen LogP contribution in [0.3, 0.4) is 0 Å². The van der Waals surface area contributed by atoms with Gasteiger partial charge in [0.15, 0.2) is 0 Å². The second-order valence-corrected chi connectivity index (χ2v) is 7.11. The Hall–Kier alpha value is -3.63. The highest BCUT2D eigenvalue weighted by molar-refractivity contribution is 5.96. The lowest BCUT2D eigenvalue weighted by molar-refractivity contribution is -0.159. The van der Waals surface area contributed by atoms with Gasteiger partial charge in [-0.15, -0.1) is 0 Å². The lowest BCUT2D eigenvalue weighted by atomic mass is 10.0. The summed E-state index contributed by atoms with van der Waals surface area (Å²) in [4.78, 5) is 57.4. The maximum Gasteiger partial charge on any atom is 0.356 e. The average Bonchev–Trinajstić information content (AvgIpc) is 2.73. The highest BCUT2D eigenvalue weighted by atomic mass is 16.5. The maximum atomic E-state index is 12.6. The summed E-state index contributed by atoms with van der Waals surface area (Å²) >= 11 is 0. The molecule has 6 N–H and O–H groups in total. The molecule has 1 atom stereocenters. The zero-order valence-electron chi connectivity index (χ0n) is 17.8. The number of nitrogens with one attached hydrogen (secondary N) is 2. The first-order valence-corrected chi connectivity index (χ1v) is 10.2. The minimum Gasteiger partial charge on any atom is -0.478 e. The molecule has 176 valence electrons. The van der Waals surface area contributed by atoms with Crippen molar-refractivity contribution < 1.29 is 38.9 Å². The molecule has 0 saturated carbocycles. The first kappa shape index (κ1) is 26.4. The Balaban J connectivity index is 2.84. The summed E-state index contributed by atoms with van der Waals surface area (Å²) in [5, 5.41) is 23.1. The van der Waals surface area contributed by atoms with Gasteiger partial charge in [0.05, 0.1) is 0 Å². The number of hydrogen-bond donors (Lipinski definition) is 5. The minimum atomic E-state index is -2.05. The molecular formula is C21H29N3O8. The monoisotopic (exact) mass is 451 g/mol. The van der Waals surface area contributed by atoms with Crippen molar-refractivity contribution >= 4 is 29.7 Å². The summed E-state index contributed by atoms with van der Waals surface area (Å²) in [5.74, 6) is -4.76. The van der Waals surface area contributed by atoms with E-state index in [-0.39, 0.29) is 30.9 Å². The average molecular weight is 451 g/mol. The largest absolute Gasteiger partial charge is 0.478 e. The van der Waals surface area contributed by atoms with Crippen LogP contribution in [-0.2, 0) is 30.4 Å². The Kier molecular flexibility index (Phi) is 11.2. The highest BCUT2D eigenvalue weighted by Crippen LogP contribution is 2.16. The van der Waals surface area contributed by atoms with Gasteiger partial charge >= 0.3 is 11.9 Å². The molecular weight excluding hydrogens is 422 g/mol. The molecule has 0 bridgehead atoms. The highest BCUT2D eigenvalue weighted by Gasteiger charge is 2.28. The zero-order chi connectivity index (χ0) is 24.1. The van der Waals surface area contributed by atoms with E-state index in [9.17, 15) is 24.0 Å². The molecule has 0 radical (unpaired) electrons. The van der Waals surface area contributed by atoms with Crippen molar-refractivity contribution in [2.75, 3.05) is 6.54 Å². The molecule has 32 heavy (non-hydrogen) atoms. The molecule has 11 nitrogen and oxygen atoms in total. The van der Waals surface area contributed by atoms with E-state index in [1.54, 1.807) is 0 Å². The second kappa shape index (κ2) is 13.6. The number of carboxylic acid groups (broad SMARTS) is 2. The van der Waals surface area contributed by atoms with Gasteiger partial charge in [0.25, 0.3) is 6.10 Å². The summed E-state index contributed by atoms with van der Waals surface area (Å²) in [5.41, 5.74) is 5.67. The van der Waals surface area contributed by atoms with Crippen molar-refractivity contribution in [1.29, 1.82) is 0 Å². The molecule has 0 aromatic heterocycles. The SMILES string of the molecule is CCCCCNC(=O)[C@H](Cc1ccc(OC(C(=O)O)C(=O)O)cc1)NC(=O)CCC(N)=O. The Bertz CT molecular complexity index is 796. The van der Waals surface area contributed by atoms with E-state index in [0.29, 0.717) is 12.1 Å². The van der Waals surface area contributed by atoms with Gasteiger partial charge in [0, 0.05) is 25.8 Å². The molecule has 0 aliphatic heterocycles. The van der Waals surface area contributed by atoms with Crippen LogP contribution in [0.15, 0.2) is 24.3 Å². The number of benzene rings is 1. The summed E-state index contributed by atoms with van der Waals surface area (Å²) in [6, 6.07) is 4.90. The maximum absolute atomic E-state index is 12.6. The number of carbonyl (C=O) groups excluding carboxylic acids is 3. The minimum absolute atomic E-state index is 0.0228. The molecule has 0 aliphatic rings. The molecule has 1 aromatic carbocycles. The number of carboxylic acids is 2. The number of aliphatic carboxylic acids is 2. The van der Waals surface area contributed by atoms with Gasteiger partial charge in [-0.25, -0.2) is 9.59 Å². The fraction of sp³-hybridized carbons (Fsp3) is 0.476. The quantitative estimate of drug-likeness (QED) is 0.185. The summed E-state index contributed by atoms with van der Waals surface area (Å²) in [6.07, 6.45) is 0.513. The fourth-order valence-corrected chi connectivity index (χ4v) is 2.70. The third-order valence-electron chi connectivity index (χ3n) is 4.40. The predicted octanol–water partition coefficient (Wildman–Crippen LogP) is 0.202. The normalized spacial score (nSPS) is 11.4. The molecule has 0 aliphatic carbocycles. The number of ether oxygens (including phenoxy) is 1. The molecule has 0 spiro atoms. The van der Waals surface area contributed by atoms with E-state index in [2.05, 4.69) is 10.6 Å². The predicted molar refractivity (Wildman–Crippen MR) is 113 cm³/mol. The summed E-state index contributed by atoms with van der Waals surface area (Å²) in [7, 11) is 0. The molecule has 1 rings (SSSR count). The van der Waals surface area contributed by atoms with E-state index in [1.165, 1.54) is 24.3 Å². The number of primary amides is 1. The third kappa shape index (κ3) is 9.92. The first-order chi connectivity index (χ1) is 15.1. The third-order valence-corrected chi connectivity index (χ3v) is 4.40. The Morgan fingerprint density at radius 2 is 1.62 bits per heavy atom. The number of unbranched alkanes of at least 4 members (excludes halogenated alkanes) is 2. The van der Waals surface area contributed by atoms with Gasteiger partial charge < -0.3 is 31.3 Å². The van der Waals surface area contributed by atoms with Crippen LogP contribution in [0.2, 0.25) is 0 Å². The van der Waals surface area contributed by atoms with Crippen molar-refractivity contribution in [2.45, 2.75) is 57.6 Å². The number of carbonyl (C=O) groups is 5. The molecule has 11 heteroatoms. The second-order valence-electron chi connectivity index (χ2n) is 7.11. The van der Waals surface area contributed by atoms with Crippen molar-refractivity contribution in [3.05, 3.63) is 29.8 Å². The number of hydrogen-bond acceptors (Lipinski definition) is 6. The van der Waals surface area contributed by atoms with Crippen LogP contribution in [0.4, 0.5) is 0 Å². The van der Waals surface area contributed by atoms with Gasteiger partial charge in [-0.05, 0) is 24.1 Å². The van der Waals surface area contributed by atoms with Gasteiger partial charge in [0.1, 0.15) is 11.8 Å². The fourth-order valence-electron chi connectivity index (χ4n) is 2.70. The van der Waals surface area contributed by atoms with Crippen LogP contribution in [-0.4, -0.2) is 58.6 Å². The molecule has 3 amide bonds. The van der Waals surface area contributed by atoms with E-state index < -0.39 is 35.9 Å². The Labute approximate surface area is 185 Å². The van der Waals surface area contributed by atoms with Crippen LogP contribution in [0.25, 0.3) is 0 Å². The van der Waals surface area contributed by atoms with Gasteiger partial charge in [-0.2, -0.15) is 0 Å². The molecule has 0 fully saturated rings. The number of amides is 3. The van der Waals surface area contributed by atoms with Crippen LogP contribution in [0.1, 0.15) is 44.6 Å². The van der Waals surface area contributed by atoms with E-state index in [4.69, 9.17) is 20.7 Å². The van der Waals surface area contributed by atoms with Gasteiger partial charge in [-0.1, -0.05) is 31.9 Å². The lowest BCUT2D eigenvalue weighted by Gasteiger charge is -2.19. The molecule has 1 aromatic rings. The van der Waals surface area contributed by atoms with Crippen molar-refractivity contribution in [2.24, 2.45) is 5.73 Å². The topological polar surface area (TPSA) is 185 Å². The number of nitrogens with two attached hydrogens (primary N) is 1. The van der Waals surface area contributed by atoms with Crippen molar-refractivity contribution in [3.63, 3.8) is 0 Å². The van der Waals surface area contributed by atoms with E-state index in [0.717, 1.165) is 19.3 Å². The smallest absolute Gasteiger partial charge is 0.356 e. The van der Waals surface area contributed by atoms with Crippen LogP contribution < -0.4 is 21.1 Å². The van der Waals surface area contributed by atoms with Crippen LogP contribution >= 0.6 is 0 Å². The number of rotatable bonds is 15. The molecule has 0 unspecified atom stereocenters.